The van der Waals surface area contributed by atoms with Gasteiger partial charge in [0.05, 0.1) is 0 Å². The van der Waals surface area contributed by atoms with Crippen molar-refractivity contribution in [3.05, 3.63) is 65.7 Å². The van der Waals surface area contributed by atoms with E-state index in [-0.39, 0.29) is 17.1 Å². The second-order valence-electron chi connectivity index (χ2n) is 5.90. The fourth-order valence-electron chi connectivity index (χ4n) is 2.67. The maximum Gasteiger partial charge on any atom is 0.573 e. The van der Waals surface area contributed by atoms with Gasteiger partial charge in [-0.1, -0.05) is 30.3 Å². The molecule has 0 aromatic heterocycles. The molecular weight excluding hydrogens is 319 g/mol. The topological polar surface area (TPSA) is 38.3 Å². The van der Waals surface area contributed by atoms with E-state index >= 15 is 0 Å². The van der Waals surface area contributed by atoms with Crippen LogP contribution >= 0.6 is 0 Å². The molecule has 0 atom stereocenters. The third-order valence-corrected chi connectivity index (χ3v) is 4.18. The number of amides is 1. The number of ether oxygens (including phenoxy) is 1. The standard InChI is InChI=1S/C18H16F3NO2/c19-18(20,21)24-15-8-6-13(7-9-15)16(23)22-12-17(10-11-17)14-4-2-1-3-5-14/h1-9H,10-12H2,(H,22,23). The molecule has 0 unspecified atom stereocenters. The predicted octanol–water partition coefficient (Wildman–Crippen LogP) is 4.05. The average molecular weight is 335 g/mol. The fraction of sp³-hybridized carbons (Fsp3) is 0.278. The molecule has 0 bridgehead atoms. The van der Waals surface area contributed by atoms with Crippen LogP contribution in [0.1, 0.15) is 28.8 Å². The number of hydrogen-bond donors (Lipinski definition) is 1. The molecule has 2 aromatic rings. The van der Waals surface area contributed by atoms with Crippen molar-refractivity contribution in [2.45, 2.75) is 24.6 Å². The number of carbonyl (C=O) groups excluding carboxylic acids is 1. The number of rotatable bonds is 5. The highest BCUT2D eigenvalue weighted by atomic mass is 19.4. The predicted molar refractivity (Wildman–Crippen MR) is 82.8 cm³/mol. The zero-order valence-corrected chi connectivity index (χ0v) is 12.8. The summed E-state index contributed by atoms with van der Waals surface area (Å²) in [5, 5.41) is 2.87. The molecule has 3 rings (SSSR count). The number of benzene rings is 2. The Morgan fingerprint density at radius 3 is 2.21 bits per heavy atom. The van der Waals surface area contributed by atoms with E-state index in [9.17, 15) is 18.0 Å². The van der Waals surface area contributed by atoms with Crippen LogP contribution < -0.4 is 10.1 Å². The Labute approximate surface area is 137 Å². The highest BCUT2D eigenvalue weighted by Crippen LogP contribution is 2.47. The molecule has 1 amide bonds. The molecule has 1 fully saturated rings. The van der Waals surface area contributed by atoms with Crippen molar-refractivity contribution >= 4 is 5.91 Å². The summed E-state index contributed by atoms with van der Waals surface area (Å²) < 4.78 is 40.1. The lowest BCUT2D eigenvalue weighted by Gasteiger charge is -2.16. The first-order chi connectivity index (χ1) is 11.4. The summed E-state index contributed by atoms with van der Waals surface area (Å²) in [6.07, 6.45) is -2.72. The molecule has 0 heterocycles. The van der Waals surface area contributed by atoms with Gasteiger partial charge in [0.15, 0.2) is 0 Å². The van der Waals surface area contributed by atoms with Crippen LogP contribution in [0.3, 0.4) is 0 Å². The first-order valence-corrected chi connectivity index (χ1v) is 7.58. The molecule has 2 aromatic carbocycles. The summed E-state index contributed by atoms with van der Waals surface area (Å²) in [6, 6.07) is 14.9. The van der Waals surface area contributed by atoms with E-state index in [1.54, 1.807) is 0 Å². The van der Waals surface area contributed by atoms with Gasteiger partial charge in [0.2, 0.25) is 0 Å². The minimum Gasteiger partial charge on any atom is -0.406 e. The molecule has 0 radical (unpaired) electrons. The van der Waals surface area contributed by atoms with Crippen molar-refractivity contribution < 1.29 is 22.7 Å². The van der Waals surface area contributed by atoms with Gasteiger partial charge in [0.25, 0.3) is 5.91 Å². The molecule has 0 spiro atoms. The van der Waals surface area contributed by atoms with Crippen molar-refractivity contribution in [3.8, 4) is 5.75 Å². The van der Waals surface area contributed by atoms with Crippen LogP contribution in [0.5, 0.6) is 5.75 Å². The highest BCUT2D eigenvalue weighted by molar-refractivity contribution is 5.94. The van der Waals surface area contributed by atoms with Crippen molar-refractivity contribution in [1.29, 1.82) is 0 Å². The van der Waals surface area contributed by atoms with Crippen LogP contribution in [-0.4, -0.2) is 18.8 Å². The average Bonchev–Trinajstić information content (AvgIpc) is 3.34. The van der Waals surface area contributed by atoms with Crippen LogP contribution in [0.15, 0.2) is 54.6 Å². The Morgan fingerprint density at radius 2 is 1.67 bits per heavy atom. The SMILES string of the molecule is O=C(NCC1(c2ccccc2)CC1)c1ccc(OC(F)(F)F)cc1. The van der Waals surface area contributed by atoms with Gasteiger partial charge in [0, 0.05) is 17.5 Å². The first-order valence-electron chi connectivity index (χ1n) is 7.58. The Morgan fingerprint density at radius 1 is 1.04 bits per heavy atom. The molecule has 1 aliphatic rings. The van der Waals surface area contributed by atoms with Gasteiger partial charge in [-0.2, -0.15) is 0 Å². The van der Waals surface area contributed by atoms with E-state index in [4.69, 9.17) is 0 Å². The molecule has 1 N–H and O–H groups in total. The van der Waals surface area contributed by atoms with Crippen molar-refractivity contribution in [3.63, 3.8) is 0 Å². The summed E-state index contributed by atoms with van der Waals surface area (Å²) in [5.74, 6) is -0.655. The second kappa shape index (κ2) is 6.19. The van der Waals surface area contributed by atoms with E-state index in [1.807, 2.05) is 30.3 Å². The van der Waals surface area contributed by atoms with Crippen LogP contribution in [0.25, 0.3) is 0 Å². The van der Waals surface area contributed by atoms with Gasteiger partial charge in [0.1, 0.15) is 5.75 Å². The largest absolute Gasteiger partial charge is 0.573 e. The Balaban J connectivity index is 1.60. The van der Waals surface area contributed by atoms with Crippen molar-refractivity contribution in [1.82, 2.24) is 5.32 Å². The number of carbonyl (C=O) groups is 1. The molecule has 24 heavy (non-hydrogen) atoms. The van der Waals surface area contributed by atoms with Crippen LogP contribution in [0.2, 0.25) is 0 Å². The highest BCUT2D eigenvalue weighted by Gasteiger charge is 2.44. The lowest BCUT2D eigenvalue weighted by atomic mass is 9.96. The fourth-order valence-corrected chi connectivity index (χ4v) is 2.67. The number of nitrogens with one attached hydrogen (secondary N) is 1. The van der Waals surface area contributed by atoms with Gasteiger partial charge in [-0.3, -0.25) is 4.79 Å². The maximum absolute atomic E-state index is 12.2. The molecule has 1 saturated carbocycles. The summed E-state index contributed by atoms with van der Waals surface area (Å²) >= 11 is 0. The smallest absolute Gasteiger partial charge is 0.406 e. The van der Waals surface area contributed by atoms with Gasteiger partial charge in [-0.15, -0.1) is 13.2 Å². The van der Waals surface area contributed by atoms with Gasteiger partial charge in [-0.05, 0) is 42.7 Å². The first kappa shape index (κ1) is 16.4. The number of alkyl halides is 3. The third-order valence-electron chi connectivity index (χ3n) is 4.18. The summed E-state index contributed by atoms with van der Waals surface area (Å²) in [6.45, 7) is 0.511. The Kier molecular flexibility index (Phi) is 4.22. The third kappa shape index (κ3) is 3.88. The molecule has 126 valence electrons. The molecule has 0 aliphatic heterocycles. The van der Waals surface area contributed by atoms with Gasteiger partial charge < -0.3 is 10.1 Å². The minimum absolute atomic E-state index is 0.0176. The van der Waals surface area contributed by atoms with Crippen molar-refractivity contribution in [2.75, 3.05) is 6.54 Å². The van der Waals surface area contributed by atoms with Crippen LogP contribution in [0, 0.1) is 0 Å². The quantitative estimate of drug-likeness (QED) is 0.895. The second-order valence-corrected chi connectivity index (χ2v) is 5.90. The van der Waals surface area contributed by atoms with Gasteiger partial charge in [-0.25, -0.2) is 0 Å². The molecule has 3 nitrogen and oxygen atoms in total. The summed E-state index contributed by atoms with van der Waals surface area (Å²) in [4.78, 5) is 12.2. The lowest BCUT2D eigenvalue weighted by Crippen LogP contribution is -2.32. The molecular formula is C18H16F3NO2. The van der Waals surface area contributed by atoms with E-state index in [0.717, 1.165) is 25.0 Å². The van der Waals surface area contributed by atoms with E-state index in [2.05, 4.69) is 10.1 Å². The minimum atomic E-state index is -4.74. The monoisotopic (exact) mass is 335 g/mol. The van der Waals surface area contributed by atoms with Gasteiger partial charge >= 0.3 is 6.36 Å². The Hall–Kier alpha value is -2.50. The number of hydrogen-bond acceptors (Lipinski definition) is 2. The number of halogens is 3. The molecule has 1 aliphatic carbocycles. The normalized spacial score (nSPS) is 15.6. The zero-order valence-electron chi connectivity index (χ0n) is 12.8. The Bertz CT molecular complexity index is 707. The van der Waals surface area contributed by atoms with E-state index < -0.39 is 6.36 Å². The summed E-state index contributed by atoms with van der Waals surface area (Å²) in [5.41, 5.74) is 1.48. The van der Waals surface area contributed by atoms with E-state index in [1.165, 1.54) is 17.7 Å². The molecule has 0 saturated heterocycles. The van der Waals surface area contributed by atoms with Crippen LogP contribution in [0.4, 0.5) is 13.2 Å². The maximum atomic E-state index is 12.2. The zero-order chi connectivity index (χ0) is 17.2. The molecule has 6 heteroatoms. The van der Waals surface area contributed by atoms with E-state index in [0.29, 0.717) is 12.1 Å². The van der Waals surface area contributed by atoms with Crippen LogP contribution in [-0.2, 0) is 5.41 Å². The summed E-state index contributed by atoms with van der Waals surface area (Å²) in [7, 11) is 0. The lowest BCUT2D eigenvalue weighted by molar-refractivity contribution is -0.274. The van der Waals surface area contributed by atoms with Crippen molar-refractivity contribution in [2.24, 2.45) is 0 Å².